The molecule has 1 atom stereocenters. The Balaban J connectivity index is 2.26. The van der Waals surface area contributed by atoms with Gasteiger partial charge in [-0.3, -0.25) is 0 Å². The second-order valence-electron chi connectivity index (χ2n) is 5.27. The van der Waals surface area contributed by atoms with Gasteiger partial charge in [0, 0.05) is 18.5 Å². The number of hydrogen-bond donors (Lipinski definition) is 1. The van der Waals surface area contributed by atoms with Gasteiger partial charge in [0.15, 0.2) is 0 Å². The third-order valence-corrected chi connectivity index (χ3v) is 3.30. The van der Waals surface area contributed by atoms with Gasteiger partial charge in [0.1, 0.15) is 12.2 Å². The maximum Gasteiger partial charge on any atom is 0.138 e. The van der Waals surface area contributed by atoms with Crippen LogP contribution < -0.4 is 5.73 Å². The summed E-state index contributed by atoms with van der Waals surface area (Å²) < 4.78 is 1.91. The van der Waals surface area contributed by atoms with Crippen molar-refractivity contribution in [1.29, 1.82) is 0 Å². The first-order valence-corrected chi connectivity index (χ1v) is 7.00. The van der Waals surface area contributed by atoms with Gasteiger partial charge in [0.25, 0.3) is 0 Å². The molecule has 0 aromatic carbocycles. The molecule has 0 bridgehead atoms. The molecule has 0 saturated heterocycles. The average molecular weight is 274 g/mol. The van der Waals surface area contributed by atoms with E-state index < -0.39 is 0 Å². The monoisotopic (exact) mass is 274 g/mol. The molecule has 0 spiro atoms. The van der Waals surface area contributed by atoms with E-state index >= 15 is 0 Å². The maximum atomic E-state index is 6.35. The molecule has 6 nitrogen and oxygen atoms in total. The van der Waals surface area contributed by atoms with Crippen molar-refractivity contribution >= 4 is 0 Å². The molecule has 2 aromatic heterocycles. The summed E-state index contributed by atoms with van der Waals surface area (Å²) in [6.45, 7) is 8.16. The molecule has 0 fully saturated rings. The molecule has 20 heavy (non-hydrogen) atoms. The van der Waals surface area contributed by atoms with Crippen LogP contribution in [0.1, 0.15) is 55.6 Å². The minimum Gasteiger partial charge on any atom is -0.324 e. The zero-order valence-corrected chi connectivity index (χ0v) is 12.5. The number of rotatable bonds is 5. The summed E-state index contributed by atoms with van der Waals surface area (Å²) in [5.74, 6) is 0.906. The van der Waals surface area contributed by atoms with Gasteiger partial charge in [-0.2, -0.15) is 15.3 Å². The minimum atomic E-state index is -0.138. The number of nitrogens with two attached hydrogens (primary N) is 1. The standard InChI is InChI=1S/C14H22N6/c1-5-13-11(6-10(4)18-19-13)12(15)7-14-16-8-17-20(14)9(2)3/h6,8-9,12H,5,7,15H2,1-4H3. The summed E-state index contributed by atoms with van der Waals surface area (Å²) in [6, 6.07) is 2.16. The molecular weight excluding hydrogens is 252 g/mol. The predicted molar refractivity (Wildman–Crippen MR) is 77.2 cm³/mol. The van der Waals surface area contributed by atoms with Crippen LogP contribution in [0.4, 0.5) is 0 Å². The van der Waals surface area contributed by atoms with Gasteiger partial charge in [0.2, 0.25) is 0 Å². The summed E-state index contributed by atoms with van der Waals surface area (Å²) in [7, 11) is 0. The topological polar surface area (TPSA) is 82.5 Å². The quantitative estimate of drug-likeness (QED) is 0.898. The Morgan fingerprint density at radius 1 is 1.30 bits per heavy atom. The molecule has 0 amide bonds. The number of aryl methyl sites for hydroxylation is 2. The van der Waals surface area contributed by atoms with Gasteiger partial charge in [-0.05, 0) is 38.8 Å². The van der Waals surface area contributed by atoms with Crippen LogP contribution in [0.2, 0.25) is 0 Å². The average Bonchev–Trinajstić information content (AvgIpc) is 2.87. The van der Waals surface area contributed by atoms with Crippen LogP contribution in [0, 0.1) is 6.92 Å². The Morgan fingerprint density at radius 3 is 2.70 bits per heavy atom. The Kier molecular flexibility index (Phi) is 4.44. The van der Waals surface area contributed by atoms with E-state index in [1.807, 2.05) is 17.7 Å². The van der Waals surface area contributed by atoms with Crippen molar-refractivity contribution < 1.29 is 0 Å². The highest BCUT2D eigenvalue weighted by Gasteiger charge is 2.17. The Hall–Kier alpha value is -1.82. The molecule has 0 aliphatic carbocycles. The zero-order chi connectivity index (χ0) is 14.7. The van der Waals surface area contributed by atoms with Crippen molar-refractivity contribution in [3.8, 4) is 0 Å². The maximum absolute atomic E-state index is 6.35. The van der Waals surface area contributed by atoms with Gasteiger partial charge in [-0.1, -0.05) is 6.92 Å². The van der Waals surface area contributed by atoms with Gasteiger partial charge in [-0.15, -0.1) is 0 Å². The lowest BCUT2D eigenvalue weighted by Crippen LogP contribution is -2.20. The van der Waals surface area contributed by atoms with Crippen molar-refractivity contribution in [2.24, 2.45) is 5.73 Å². The molecule has 0 radical (unpaired) electrons. The summed E-state index contributed by atoms with van der Waals surface area (Å²) in [4.78, 5) is 4.32. The summed E-state index contributed by atoms with van der Waals surface area (Å²) in [5, 5.41) is 12.6. The van der Waals surface area contributed by atoms with Gasteiger partial charge in [0.05, 0.1) is 11.4 Å². The van der Waals surface area contributed by atoms with Crippen molar-refractivity contribution in [3.05, 3.63) is 35.2 Å². The van der Waals surface area contributed by atoms with E-state index in [2.05, 4.69) is 41.1 Å². The highest BCUT2D eigenvalue weighted by molar-refractivity contribution is 5.25. The van der Waals surface area contributed by atoms with E-state index in [0.29, 0.717) is 6.42 Å². The lowest BCUT2D eigenvalue weighted by Gasteiger charge is -2.16. The number of nitrogens with zero attached hydrogens (tertiary/aromatic N) is 5. The van der Waals surface area contributed by atoms with Crippen LogP contribution in [0.15, 0.2) is 12.4 Å². The molecule has 6 heteroatoms. The van der Waals surface area contributed by atoms with Crippen LogP contribution in [0.3, 0.4) is 0 Å². The fourth-order valence-corrected chi connectivity index (χ4v) is 2.29. The first-order chi connectivity index (χ1) is 9.52. The van der Waals surface area contributed by atoms with E-state index in [-0.39, 0.29) is 12.1 Å². The van der Waals surface area contributed by atoms with Crippen molar-refractivity contribution in [1.82, 2.24) is 25.0 Å². The molecule has 108 valence electrons. The third-order valence-electron chi connectivity index (χ3n) is 3.30. The highest BCUT2D eigenvalue weighted by atomic mass is 15.3. The van der Waals surface area contributed by atoms with E-state index in [4.69, 9.17) is 5.73 Å². The smallest absolute Gasteiger partial charge is 0.138 e. The Bertz CT molecular complexity index is 575. The van der Waals surface area contributed by atoms with E-state index in [1.165, 1.54) is 0 Å². The number of aromatic nitrogens is 5. The molecular formula is C14H22N6. The van der Waals surface area contributed by atoms with Crippen LogP contribution in [-0.4, -0.2) is 25.0 Å². The Morgan fingerprint density at radius 2 is 2.05 bits per heavy atom. The summed E-state index contributed by atoms with van der Waals surface area (Å²) in [5.41, 5.74) is 9.25. The zero-order valence-electron chi connectivity index (χ0n) is 12.5. The van der Waals surface area contributed by atoms with Crippen molar-refractivity contribution in [2.45, 2.75) is 52.6 Å². The van der Waals surface area contributed by atoms with E-state index in [1.54, 1.807) is 6.33 Å². The van der Waals surface area contributed by atoms with Crippen LogP contribution in [-0.2, 0) is 12.8 Å². The van der Waals surface area contributed by atoms with Gasteiger partial charge < -0.3 is 5.73 Å². The van der Waals surface area contributed by atoms with Gasteiger partial charge >= 0.3 is 0 Å². The van der Waals surface area contributed by atoms with Crippen LogP contribution in [0.5, 0.6) is 0 Å². The van der Waals surface area contributed by atoms with E-state index in [0.717, 1.165) is 29.2 Å². The molecule has 0 saturated carbocycles. The lowest BCUT2D eigenvalue weighted by atomic mass is 10.0. The van der Waals surface area contributed by atoms with Crippen LogP contribution >= 0.6 is 0 Å². The highest BCUT2D eigenvalue weighted by Crippen LogP contribution is 2.19. The third kappa shape index (κ3) is 3.01. The predicted octanol–water partition coefficient (Wildman–Crippen LogP) is 1.76. The van der Waals surface area contributed by atoms with Gasteiger partial charge in [-0.25, -0.2) is 9.67 Å². The molecule has 0 aliphatic heterocycles. The fraction of sp³-hybridized carbons (Fsp3) is 0.571. The Labute approximate surface area is 119 Å². The SMILES string of the molecule is CCc1nnc(C)cc1C(N)Cc1ncnn1C(C)C. The largest absolute Gasteiger partial charge is 0.324 e. The van der Waals surface area contributed by atoms with Crippen LogP contribution in [0.25, 0.3) is 0 Å². The molecule has 2 heterocycles. The molecule has 2 rings (SSSR count). The molecule has 2 N–H and O–H groups in total. The number of hydrogen-bond acceptors (Lipinski definition) is 5. The normalized spacial score (nSPS) is 12.9. The minimum absolute atomic E-state index is 0.138. The first kappa shape index (κ1) is 14.6. The summed E-state index contributed by atoms with van der Waals surface area (Å²) in [6.07, 6.45) is 3.06. The van der Waals surface area contributed by atoms with Crippen molar-refractivity contribution in [3.63, 3.8) is 0 Å². The van der Waals surface area contributed by atoms with E-state index in [9.17, 15) is 0 Å². The molecule has 2 aromatic rings. The first-order valence-electron chi connectivity index (χ1n) is 7.00. The second kappa shape index (κ2) is 6.09. The molecule has 0 aliphatic rings. The molecule has 1 unspecified atom stereocenters. The second-order valence-corrected chi connectivity index (χ2v) is 5.27. The van der Waals surface area contributed by atoms with Crippen molar-refractivity contribution in [2.75, 3.05) is 0 Å². The fourth-order valence-electron chi connectivity index (χ4n) is 2.29. The summed E-state index contributed by atoms with van der Waals surface area (Å²) >= 11 is 0. The lowest BCUT2D eigenvalue weighted by molar-refractivity contribution is 0.492.